The Labute approximate surface area is 152 Å². The van der Waals surface area contributed by atoms with E-state index < -0.39 is 17.8 Å². The van der Waals surface area contributed by atoms with Crippen molar-refractivity contribution in [1.29, 1.82) is 0 Å². The van der Waals surface area contributed by atoms with Crippen molar-refractivity contribution in [3.8, 4) is 5.75 Å². The molecule has 0 aliphatic rings. The molecule has 0 heterocycles. The van der Waals surface area contributed by atoms with E-state index in [-0.39, 0.29) is 16.9 Å². The summed E-state index contributed by atoms with van der Waals surface area (Å²) >= 11 is 0. The summed E-state index contributed by atoms with van der Waals surface area (Å²) in [6.45, 7) is 2.50. The van der Waals surface area contributed by atoms with Gasteiger partial charge in [-0.15, -0.1) is 0 Å². The van der Waals surface area contributed by atoms with Crippen LogP contribution < -0.4 is 4.74 Å². The molecule has 2 aromatic carbocycles. The molecule has 0 fully saturated rings. The Hall–Kier alpha value is -2.69. The van der Waals surface area contributed by atoms with Crippen LogP contribution in [-0.2, 0) is 4.74 Å². The molecule has 26 heavy (non-hydrogen) atoms. The summed E-state index contributed by atoms with van der Waals surface area (Å²) in [7, 11) is 0. The fourth-order valence-electron chi connectivity index (χ4n) is 2.41. The van der Waals surface area contributed by atoms with Crippen molar-refractivity contribution >= 4 is 11.9 Å². The molecule has 0 spiro atoms. The van der Waals surface area contributed by atoms with E-state index in [1.54, 1.807) is 18.2 Å². The van der Waals surface area contributed by atoms with E-state index in [1.807, 2.05) is 0 Å². The highest BCUT2D eigenvalue weighted by Crippen LogP contribution is 2.18. The van der Waals surface area contributed by atoms with Gasteiger partial charge in [-0.1, -0.05) is 50.8 Å². The molecule has 5 heteroatoms. The van der Waals surface area contributed by atoms with Crippen molar-refractivity contribution in [3.63, 3.8) is 0 Å². The van der Waals surface area contributed by atoms with Crippen molar-refractivity contribution in [2.75, 3.05) is 6.61 Å². The smallest absolute Gasteiger partial charge is 0.343 e. The van der Waals surface area contributed by atoms with Crippen LogP contribution in [0.25, 0.3) is 0 Å². The molecular weight excluding hydrogens is 335 g/mol. The fraction of sp³-hybridized carbons (Fsp3) is 0.333. The molecule has 2 rings (SSSR count). The maximum Gasteiger partial charge on any atom is 0.343 e. The number of esters is 2. The molecule has 0 N–H and O–H groups in total. The second-order valence-corrected chi connectivity index (χ2v) is 5.95. The summed E-state index contributed by atoms with van der Waals surface area (Å²) in [6.07, 6.45) is 5.32. The first-order valence-electron chi connectivity index (χ1n) is 8.85. The number of hydrogen-bond donors (Lipinski definition) is 0. The quantitative estimate of drug-likeness (QED) is 0.352. The third kappa shape index (κ3) is 5.99. The van der Waals surface area contributed by atoms with Gasteiger partial charge >= 0.3 is 11.9 Å². The molecule has 0 aromatic heterocycles. The van der Waals surface area contributed by atoms with Crippen LogP contribution in [0.1, 0.15) is 59.7 Å². The third-order valence-electron chi connectivity index (χ3n) is 3.85. The van der Waals surface area contributed by atoms with Gasteiger partial charge in [-0.05, 0) is 36.8 Å². The van der Waals surface area contributed by atoms with Crippen LogP contribution in [0.2, 0.25) is 0 Å². The summed E-state index contributed by atoms with van der Waals surface area (Å²) in [5, 5.41) is 0. The second-order valence-electron chi connectivity index (χ2n) is 5.95. The largest absolute Gasteiger partial charge is 0.462 e. The Kier molecular flexibility index (Phi) is 7.80. The first kappa shape index (κ1) is 19.6. The van der Waals surface area contributed by atoms with E-state index in [1.165, 1.54) is 36.8 Å². The van der Waals surface area contributed by atoms with Crippen LogP contribution in [0.15, 0.2) is 48.5 Å². The topological polar surface area (TPSA) is 52.6 Å². The number of ether oxygens (including phenoxy) is 2. The highest BCUT2D eigenvalue weighted by Gasteiger charge is 2.14. The SMILES string of the molecule is CCCCCCCOC(=O)c1cccc(C(=O)Oc2ccccc2F)c1. The summed E-state index contributed by atoms with van der Waals surface area (Å²) in [5.41, 5.74) is 0.423. The highest BCUT2D eigenvalue weighted by molar-refractivity contribution is 5.96. The Balaban J connectivity index is 1.91. The molecule has 0 atom stereocenters. The first-order valence-corrected chi connectivity index (χ1v) is 8.85. The van der Waals surface area contributed by atoms with Crippen LogP contribution in [-0.4, -0.2) is 18.5 Å². The molecule has 4 nitrogen and oxygen atoms in total. The summed E-state index contributed by atoms with van der Waals surface area (Å²) in [4.78, 5) is 24.2. The standard InChI is InChI=1S/C21H23FO4/c1-2-3-4-5-8-14-25-20(23)16-10-9-11-17(15-16)21(24)26-19-13-7-6-12-18(19)22/h6-7,9-13,15H,2-5,8,14H2,1H3. The van der Waals surface area contributed by atoms with Gasteiger partial charge in [0.05, 0.1) is 17.7 Å². The van der Waals surface area contributed by atoms with Crippen LogP contribution in [0.5, 0.6) is 5.75 Å². The maximum atomic E-state index is 13.6. The van der Waals surface area contributed by atoms with E-state index in [0.29, 0.717) is 6.61 Å². The molecule has 0 bridgehead atoms. The minimum Gasteiger partial charge on any atom is -0.462 e. The molecule has 0 saturated heterocycles. The molecule has 0 saturated carbocycles. The first-order chi connectivity index (χ1) is 12.6. The zero-order valence-corrected chi connectivity index (χ0v) is 14.9. The Bertz CT molecular complexity index is 742. The van der Waals surface area contributed by atoms with Gasteiger partial charge in [0.25, 0.3) is 0 Å². The Morgan fingerprint density at radius 3 is 2.31 bits per heavy atom. The number of carbonyl (C=O) groups excluding carboxylic acids is 2. The monoisotopic (exact) mass is 358 g/mol. The minimum absolute atomic E-state index is 0.155. The summed E-state index contributed by atoms with van der Waals surface area (Å²) < 4.78 is 23.8. The molecular formula is C21H23FO4. The normalized spacial score (nSPS) is 10.4. The zero-order chi connectivity index (χ0) is 18.8. The maximum absolute atomic E-state index is 13.6. The van der Waals surface area contributed by atoms with Crippen molar-refractivity contribution in [2.24, 2.45) is 0 Å². The lowest BCUT2D eigenvalue weighted by molar-refractivity contribution is 0.0497. The van der Waals surface area contributed by atoms with Crippen LogP contribution in [0.4, 0.5) is 4.39 Å². The van der Waals surface area contributed by atoms with Crippen molar-refractivity contribution < 1.29 is 23.5 Å². The summed E-state index contributed by atoms with van der Waals surface area (Å²) in [5.74, 6) is -2.00. The van der Waals surface area contributed by atoms with Gasteiger partial charge < -0.3 is 9.47 Å². The van der Waals surface area contributed by atoms with Gasteiger partial charge in [-0.25, -0.2) is 14.0 Å². The van der Waals surface area contributed by atoms with E-state index in [2.05, 4.69) is 6.92 Å². The average molecular weight is 358 g/mol. The fourth-order valence-corrected chi connectivity index (χ4v) is 2.41. The average Bonchev–Trinajstić information content (AvgIpc) is 2.66. The van der Waals surface area contributed by atoms with Crippen molar-refractivity contribution in [1.82, 2.24) is 0 Å². The van der Waals surface area contributed by atoms with Gasteiger partial charge in [0, 0.05) is 0 Å². The van der Waals surface area contributed by atoms with Crippen molar-refractivity contribution in [3.05, 3.63) is 65.5 Å². The van der Waals surface area contributed by atoms with Gasteiger partial charge in [-0.3, -0.25) is 0 Å². The zero-order valence-electron chi connectivity index (χ0n) is 14.9. The third-order valence-corrected chi connectivity index (χ3v) is 3.85. The number of unbranched alkanes of at least 4 members (excludes halogenated alkanes) is 4. The number of halogens is 1. The van der Waals surface area contributed by atoms with Gasteiger partial charge in [0.2, 0.25) is 0 Å². The number of para-hydroxylation sites is 1. The van der Waals surface area contributed by atoms with Crippen LogP contribution >= 0.6 is 0 Å². The molecule has 138 valence electrons. The molecule has 0 unspecified atom stereocenters. The molecule has 2 aromatic rings. The molecule has 0 amide bonds. The van der Waals surface area contributed by atoms with E-state index in [9.17, 15) is 14.0 Å². The highest BCUT2D eigenvalue weighted by atomic mass is 19.1. The predicted octanol–water partition coefficient (Wildman–Crippen LogP) is 5.17. The Morgan fingerprint density at radius 2 is 1.58 bits per heavy atom. The van der Waals surface area contributed by atoms with Gasteiger partial charge in [-0.2, -0.15) is 0 Å². The van der Waals surface area contributed by atoms with Gasteiger partial charge in [0.1, 0.15) is 0 Å². The lowest BCUT2D eigenvalue weighted by Gasteiger charge is -2.07. The molecule has 0 aliphatic heterocycles. The number of rotatable bonds is 9. The van der Waals surface area contributed by atoms with E-state index in [0.717, 1.165) is 25.7 Å². The van der Waals surface area contributed by atoms with E-state index >= 15 is 0 Å². The molecule has 0 radical (unpaired) electrons. The predicted molar refractivity (Wildman–Crippen MR) is 96.8 cm³/mol. The number of benzene rings is 2. The molecule has 0 aliphatic carbocycles. The lowest BCUT2D eigenvalue weighted by Crippen LogP contribution is -2.12. The lowest BCUT2D eigenvalue weighted by atomic mass is 10.1. The minimum atomic E-state index is -0.732. The van der Waals surface area contributed by atoms with Crippen LogP contribution in [0, 0.1) is 5.82 Å². The van der Waals surface area contributed by atoms with Gasteiger partial charge in [0.15, 0.2) is 11.6 Å². The van der Waals surface area contributed by atoms with Crippen LogP contribution in [0.3, 0.4) is 0 Å². The second kappa shape index (κ2) is 10.3. The summed E-state index contributed by atoms with van der Waals surface area (Å²) in [6, 6.07) is 11.7. The number of hydrogen-bond acceptors (Lipinski definition) is 4. The Morgan fingerprint density at radius 1 is 0.885 bits per heavy atom. The van der Waals surface area contributed by atoms with E-state index in [4.69, 9.17) is 9.47 Å². The number of carbonyl (C=O) groups is 2. The van der Waals surface area contributed by atoms with Crippen molar-refractivity contribution in [2.45, 2.75) is 39.0 Å².